The molecule has 1 aliphatic heterocycles. The van der Waals surface area contributed by atoms with E-state index in [2.05, 4.69) is 13.0 Å². The van der Waals surface area contributed by atoms with Crippen molar-refractivity contribution in [3.8, 4) is 0 Å². The van der Waals surface area contributed by atoms with Crippen molar-refractivity contribution in [2.24, 2.45) is 0 Å². The van der Waals surface area contributed by atoms with Crippen LogP contribution in [0.3, 0.4) is 0 Å². The molecule has 0 saturated carbocycles. The smallest absolute Gasteiger partial charge is 0.185 e. The van der Waals surface area contributed by atoms with Gasteiger partial charge in [0.15, 0.2) is 5.78 Å². The predicted octanol–water partition coefficient (Wildman–Crippen LogP) is 3.39. The first-order chi connectivity index (χ1) is 6.81. The van der Waals surface area contributed by atoms with E-state index in [0.717, 1.165) is 23.5 Å². The maximum absolute atomic E-state index is 12.0. The van der Waals surface area contributed by atoms with Crippen molar-refractivity contribution in [3.63, 3.8) is 0 Å². The molecule has 0 N–H and O–H groups in total. The third kappa shape index (κ3) is 2.04. The lowest BCUT2D eigenvalue weighted by molar-refractivity contribution is 0.0992. The van der Waals surface area contributed by atoms with Crippen LogP contribution in [-0.4, -0.2) is 16.8 Å². The van der Waals surface area contributed by atoms with Crippen LogP contribution in [0.5, 0.6) is 0 Å². The molecule has 1 unspecified atom stereocenters. The summed E-state index contributed by atoms with van der Waals surface area (Å²) in [6.45, 7) is 2.13. The molecule has 2 heterocycles. The Kier molecular flexibility index (Phi) is 3.29. The van der Waals surface area contributed by atoms with E-state index in [1.807, 2.05) is 17.8 Å². The average molecular weight is 226 g/mol. The number of thiophene rings is 1. The van der Waals surface area contributed by atoms with Gasteiger partial charge in [0.25, 0.3) is 0 Å². The van der Waals surface area contributed by atoms with Crippen LogP contribution < -0.4 is 0 Å². The molecule has 1 saturated heterocycles. The first-order valence-corrected chi connectivity index (χ1v) is 6.92. The van der Waals surface area contributed by atoms with Gasteiger partial charge in [0.05, 0.1) is 10.1 Å². The minimum Gasteiger partial charge on any atom is -0.292 e. The van der Waals surface area contributed by atoms with Gasteiger partial charge in [-0.3, -0.25) is 4.79 Å². The summed E-state index contributed by atoms with van der Waals surface area (Å²) in [7, 11) is 0. The summed E-state index contributed by atoms with van der Waals surface area (Å²) in [6, 6.07) is 4.07. The van der Waals surface area contributed by atoms with Crippen LogP contribution in [0.1, 0.15) is 34.3 Å². The summed E-state index contributed by atoms with van der Waals surface area (Å²) >= 11 is 3.48. The Morgan fingerprint density at radius 1 is 1.57 bits per heavy atom. The van der Waals surface area contributed by atoms with E-state index in [1.54, 1.807) is 11.3 Å². The highest BCUT2D eigenvalue weighted by Crippen LogP contribution is 2.31. The molecule has 1 nitrogen and oxygen atoms in total. The lowest BCUT2D eigenvalue weighted by Gasteiger charge is -2.03. The highest BCUT2D eigenvalue weighted by atomic mass is 32.2. The van der Waals surface area contributed by atoms with E-state index in [-0.39, 0.29) is 5.25 Å². The summed E-state index contributed by atoms with van der Waals surface area (Å²) in [5.74, 6) is 1.51. The van der Waals surface area contributed by atoms with Crippen LogP contribution in [-0.2, 0) is 6.42 Å². The number of hydrogen-bond donors (Lipinski definition) is 0. The molecule has 0 amide bonds. The van der Waals surface area contributed by atoms with Crippen molar-refractivity contribution in [3.05, 3.63) is 21.9 Å². The van der Waals surface area contributed by atoms with E-state index >= 15 is 0 Å². The molecule has 0 spiro atoms. The third-order valence-electron chi connectivity index (χ3n) is 2.48. The first-order valence-electron chi connectivity index (χ1n) is 5.06. The molecule has 0 bridgehead atoms. The zero-order chi connectivity index (χ0) is 9.97. The van der Waals surface area contributed by atoms with Crippen LogP contribution in [0, 0.1) is 0 Å². The van der Waals surface area contributed by atoms with Gasteiger partial charge in [-0.05, 0) is 37.1 Å². The monoisotopic (exact) mass is 226 g/mol. The lowest BCUT2D eigenvalue weighted by atomic mass is 10.1. The normalized spacial score (nSPS) is 21.4. The molecule has 2 rings (SSSR count). The quantitative estimate of drug-likeness (QED) is 0.735. The van der Waals surface area contributed by atoms with Crippen LogP contribution in [0.2, 0.25) is 0 Å². The van der Waals surface area contributed by atoms with Gasteiger partial charge in [0, 0.05) is 4.88 Å². The Morgan fingerprint density at radius 2 is 2.43 bits per heavy atom. The van der Waals surface area contributed by atoms with Crippen LogP contribution in [0.25, 0.3) is 0 Å². The predicted molar refractivity (Wildman–Crippen MR) is 63.5 cm³/mol. The van der Waals surface area contributed by atoms with Crippen molar-refractivity contribution in [2.75, 3.05) is 5.75 Å². The number of carbonyl (C=O) groups excluding carboxylic acids is 1. The van der Waals surface area contributed by atoms with Gasteiger partial charge >= 0.3 is 0 Å². The van der Waals surface area contributed by atoms with E-state index in [0.29, 0.717) is 5.78 Å². The average Bonchev–Trinajstić information content (AvgIpc) is 2.88. The fraction of sp³-hybridized carbons (Fsp3) is 0.545. The molecule has 1 aliphatic rings. The summed E-state index contributed by atoms with van der Waals surface area (Å²) in [5.41, 5.74) is 0. The second-order valence-corrected chi connectivity index (χ2v) is 5.96. The lowest BCUT2D eigenvalue weighted by Crippen LogP contribution is -2.12. The number of thioether (sulfide) groups is 1. The maximum atomic E-state index is 12.0. The fourth-order valence-corrected chi connectivity index (χ4v) is 3.89. The van der Waals surface area contributed by atoms with Gasteiger partial charge in [-0.15, -0.1) is 11.3 Å². The number of aryl methyl sites for hydroxylation is 1. The van der Waals surface area contributed by atoms with Crippen molar-refractivity contribution in [1.29, 1.82) is 0 Å². The number of hydrogen-bond acceptors (Lipinski definition) is 3. The number of carbonyl (C=O) groups is 1. The molecule has 1 fully saturated rings. The van der Waals surface area contributed by atoms with Crippen molar-refractivity contribution in [1.82, 2.24) is 0 Å². The van der Waals surface area contributed by atoms with E-state index in [4.69, 9.17) is 0 Å². The number of Topliss-reactive ketones (excluding diaryl/α,β-unsaturated/α-hetero) is 1. The SMILES string of the molecule is CCc1ccc(C(=O)C2CCCS2)s1. The van der Waals surface area contributed by atoms with Gasteiger partial charge < -0.3 is 0 Å². The minimum atomic E-state index is 0.248. The van der Waals surface area contributed by atoms with E-state index in [1.165, 1.54) is 11.3 Å². The topological polar surface area (TPSA) is 17.1 Å². The maximum Gasteiger partial charge on any atom is 0.185 e. The second kappa shape index (κ2) is 4.49. The van der Waals surface area contributed by atoms with Gasteiger partial charge in [-0.25, -0.2) is 0 Å². The Morgan fingerprint density at radius 3 is 3.00 bits per heavy atom. The van der Waals surface area contributed by atoms with Crippen LogP contribution >= 0.6 is 23.1 Å². The highest BCUT2D eigenvalue weighted by Gasteiger charge is 2.25. The Balaban J connectivity index is 2.09. The number of rotatable bonds is 3. The minimum absolute atomic E-state index is 0.248. The zero-order valence-electron chi connectivity index (χ0n) is 8.29. The molecule has 0 radical (unpaired) electrons. The molecule has 1 aromatic heterocycles. The largest absolute Gasteiger partial charge is 0.292 e. The highest BCUT2D eigenvalue weighted by molar-refractivity contribution is 8.00. The second-order valence-electron chi connectivity index (χ2n) is 3.49. The molecule has 0 aromatic carbocycles. The summed E-state index contributed by atoms with van der Waals surface area (Å²) < 4.78 is 0. The molecule has 1 atom stereocenters. The molecule has 1 aromatic rings. The number of ketones is 1. The summed E-state index contributed by atoms with van der Waals surface area (Å²) in [6.07, 6.45) is 3.31. The Hall–Kier alpha value is -0.280. The first kappa shape index (κ1) is 10.2. The van der Waals surface area contributed by atoms with Crippen molar-refractivity contribution >= 4 is 28.9 Å². The Labute approximate surface area is 92.9 Å². The van der Waals surface area contributed by atoms with Crippen molar-refractivity contribution in [2.45, 2.75) is 31.4 Å². The fourth-order valence-electron chi connectivity index (χ4n) is 1.64. The van der Waals surface area contributed by atoms with Gasteiger partial charge in [-0.1, -0.05) is 6.92 Å². The third-order valence-corrected chi connectivity index (χ3v) is 5.10. The molecule has 14 heavy (non-hydrogen) atoms. The molecule has 76 valence electrons. The van der Waals surface area contributed by atoms with Crippen LogP contribution in [0.15, 0.2) is 12.1 Å². The molecular weight excluding hydrogens is 212 g/mol. The van der Waals surface area contributed by atoms with Crippen molar-refractivity contribution < 1.29 is 4.79 Å². The molecule has 3 heteroatoms. The standard InChI is InChI=1S/C11H14OS2/c1-2-8-5-6-10(14-8)11(12)9-4-3-7-13-9/h5-6,9H,2-4,7H2,1H3. The van der Waals surface area contributed by atoms with Gasteiger partial charge in [-0.2, -0.15) is 11.8 Å². The summed E-state index contributed by atoms with van der Waals surface area (Å²) in [4.78, 5) is 14.2. The van der Waals surface area contributed by atoms with Crippen LogP contribution in [0.4, 0.5) is 0 Å². The molecular formula is C11H14OS2. The Bertz CT molecular complexity index is 324. The zero-order valence-corrected chi connectivity index (χ0v) is 9.92. The van der Waals surface area contributed by atoms with Gasteiger partial charge in [0.2, 0.25) is 0 Å². The van der Waals surface area contributed by atoms with E-state index in [9.17, 15) is 4.79 Å². The summed E-state index contributed by atoms with van der Waals surface area (Å²) in [5, 5.41) is 0.248. The van der Waals surface area contributed by atoms with E-state index < -0.39 is 0 Å². The van der Waals surface area contributed by atoms with Gasteiger partial charge in [0.1, 0.15) is 0 Å². The molecule has 0 aliphatic carbocycles.